The van der Waals surface area contributed by atoms with Crippen LogP contribution in [0.4, 0.5) is 0 Å². The average molecular weight is 405 g/mol. The largest absolute Gasteiger partial charge is 0.493 e. The highest BCUT2D eigenvalue weighted by molar-refractivity contribution is 5.85. The van der Waals surface area contributed by atoms with E-state index in [2.05, 4.69) is 40.9 Å². The first-order chi connectivity index (χ1) is 13.1. The van der Waals surface area contributed by atoms with Crippen LogP contribution in [0.1, 0.15) is 35.4 Å². The summed E-state index contributed by atoms with van der Waals surface area (Å²) in [7, 11) is 1.90. The van der Waals surface area contributed by atoms with Gasteiger partial charge in [0.2, 0.25) is 5.91 Å². The number of aromatic nitrogens is 2. The van der Waals surface area contributed by atoms with Crippen LogP contribution in [-0.4, -0.2) is 35.4 Å². The number of nitrogens with zero attached hydrogens (tertiary/aromatic N) is 2. The van der Waals surface area contributed by atoms with Crippen molar-refractivity contribution in [1.29, 1.82) is 0 Å². The molecule has 6 nitrogen and oxygen atoms in total. The van der Waals surface area contributed by atoms with Gasteiger partial charge in [-0.2, -0.15) is 5.10 Å². The third-order valence-corrected chi connectivity index (χ3v) is 5.55. The predicted octanol–water partition coefficient (Wildman–Crippen LogP) is 2.56. The molecule has 1 saturated carbocycles. The van der Waals surface area contributed by atoms with Crippen molar-refractivity contribution in [3.63, 3.8) is 0 Å². The van der Waals surface area contributed by atoms with Crippen LogP contribution in [0, 0.1) is 18.8 Å². The van der Waals surface area contributed by atoms with Gasteiger partial charge in [-0.15, -0.1) is 12.4 Å². The van der Waals surface area contributed by atoms with Gasteiger partial charge < -0.3 is 15.4 Å². The molecule has 1 aromatic heterocycles. The lowest BCUT2D eigenvalue weighted by molar-refractivity contribution is -0.125. The Balaban J connectivity index is 0.00000225. The molecule has 1 amide bonds. The van der Waals surface area contributed by atoms with Crippen molar-refractivity contribution in [1.82, 2.24) is 20.4 Å². The number of halogens is 1. The number of carbonyl (C=O) groups is 1. The van der Waals surface area contributed by atoms with Crippen LogP contribution < -0.4 is 15.4 Å². The fraction of sp³-hybridized carbons (Fsp3) is 0.524. The maximum absolute atomic E-state index is 12.8. The van der Waals surface area contributed by atoms with Gasteiger partial charge in [0.25, 0.3) is 0 Å². The van der Waals surface area contributed by atoms with Crippen molar-refractivity contribution in [3.8, 4) is 5.75 Å². The van der Waals surface area contributed by atoms with Crippen LogP contribution in [0.3, 0.4) is 0 Å². The third kappa shape index (κ3) is 4.86. The van der Waals surface area contributed by atoms with Crippen LogP contribution >= 0.6 is 12.4 Å². The third-order valence-electron chi connectivity index (χ3n) is 5.55. The number of rotatable bonds is 7. The summed E-state index contributed by atoms with van der Waals surface area (Å²) in [4.78, 5) is 12.8. The van der Waals surface area contributed by atoms with E-state index in [9.17, 15) is 4.79 Å². The molecule has 0 unspecified atom stereocenters. The van der Waals surface area contributed by atoms with Crippen LogP contribution in [-0.2, 0) is 18.4 Å². The van der Waals surface area contributed by atoms with Gasteiger partial charge in [-0.05, 0) is 42.9 Å². The molecule has 7 heteroatoms. The lowest BCUT2D eigenvalue weighted by atomic mass is 9.90. The van der Waals surface area contributed by atoms with E-state index < -0.39 is 0 Å². The highest BCUT2D eigenvalue weighted by Crippen LogP contribution is 2.31. The van der Waals surface area contributed by atoms with E-state index in [-0.39, 0.29) is 30.2 Å². The predicted molar refractivity (Wildman–Crippen MR) is 111 cm³/mol. The lowest BCUT2D eigenvalue weighted by Crippen LogP contribution is -2.34. The average Bonchev–Trinajstić information content (AvgIpc) is 3.17. The molecule has 2 N–H and O–H groups in total. The van der Waals surface area contributed by atoms with Gasteiger partial charge in [0.05, 0.1) is 18.7 Å². The summed E-state index contributed by atoms with van der Waals surface area (Å²) in [6.07, 6.45) is 6.40. The van der Waals surface area contributed by atoms with E-state index in [1.54, 1.807) is 4.68 Å². The van der Waals surface area contributed by atoms with E-state index in [1.807, 2.05) is 19.4 Å². The fourth-order valence-electron chi connectivity index (χ4n) is 3.68. The van der Waals surface area contributed by atoms with Crippen molar-refractivity contribution in [3.05, 3.63) is 47.3 Å². The van der Waals surface area contributed by atoms with Gasteiger partial charge in [-0.3, -0.25) is 9.48 Å². The van der Waals surface area contributed by atoms with E-state index in [0.717, 1.165) is 30.0 Å². The standard InChI is InChI=1S/C21H28N4O2.ClH/c1-14-3-6-16(20(7-14)27-13-15-4-5-15)8-23-21(26)19-11-22-10-18(19)17-9-24-25(2)12-17;/h3,6-7,9,12,15,18-19,22H,4-5,8,10-11,13H2,1-2H3,(H,23,26);1H/t18-,19+;/m1./s1. The maximum atomic E-state index is 12.8. The van der Waals surface area contributed by atoms with Crippen molar-refractivity contribution < 1.29 is 9.53 Å². The number of nitrogens with one attached hydrogen (secondary N) is 2. The Morgan fingerprint density at radius 1 is 1.36 bits per heavy atom. The Morgan fingerprint density at radius 2 is 2.18 bits per heavy atom. The summed E-state index contributed by atoms with van der Waals surface area (Å²) in [5.74, 6) is 1.79. The van der Waals surface area contributed by atoms with E-state index in [0.29, 0.717) is 19.0 Å². The van der Waals surface area contributed by atoms with Gasteiger partial charge in [-0.25, -0.2) is 0 Å². The van der Waals surface area contributed by atoms with Crippen molar-refractivity contribution in [2.24, 2.45) is 18.9 Å². The normalized spacial score (nSPS) is 21.2. The zero-order valence-electron chi connectivity index (χ0n) is 16.5. The molecule has 2 atom stereocenters. The molecule has 0 bridgehead atoms. The van der Waals surface area contributed by atoms with Gasteiger partial charge in [-0.1, -0.05) is 12.1 Å². The Hall–Kier alpha value is -2.05. The summed E-state index contributed by atoms with van der Waals surface area (Å²) in [6, 6.07) is 6.20. The van der Waals surface area contributed by atoms with Crippen molar-refractivity contribution in [2.45, 2.75) is 32.2 Å². The molecule has 1 aliphatic carbocycles. The van der Waals surface area contributed by atoms with Crippen LogP contribution in [0.5, 0.6) is 5.75 Å². The van der Waals surface area contributed by atoms with Crippen LogP contribution in [0.2, 0.25) is 0 Å². The minimum atomic E-state index is -0.0736. The smallest absolute Gasteiger partial charge is 0.225 e. The van der Waals surface area contributed by atoms with Gasteiger partial charge >= 0.3 is 0 Å². The summed E-state index contributed by atoms with van der Waals surface area (Å²) in [5, 5.41) is 10.7. The Morgan fingerprint density at radius 3 is 2.89 bits per heavy atom. The first-order valence-electron chi connectivity index (χ1n) is 9.79. The molecule has 0 spiro atoms. The first-order valence-corrected chi connectivity index (χ1v) is 9.79. The summed E-state index contributed by atoms with van der Waals surface area (Å²) >= 11 is 0. The second-order valence-corrected chi connectivity index (χ2v) is 7.90. The molecule has 1 aliphatic heterocycles. The summed E-state index contributed by atoms with van der Waals surface area (Å²) in [5.41, 5.74) is 3.33. The SMILES string of the molecule is Cc1ccc(CNC(=O)[C@H]2CNC[C@@H]2c2cnn(C)c2)c(OCC2CC2)c1.Cl. The molecule has 2 heterocycles. The number of hydrogen-bond acceptors (Lipinski definition) is 4. The molecule has 2 fully saturated rings. The molecule has 4 rings (SSSR count). The number of amides is 1. The summed E-state index contributed by atoms with van der Waals surface area (Å²) in [6.45, 7) is 4.85. The van der Waals surface area contributed by atoms with Gasteiger partial charge in [0, 0.05) is 44.4 Å². The van der Waals surface area contributed by atoms with Crippen LogP contribution in [0.25, 0.3) is 0 Å². The number of aryl methyl sites for hydroxylation is 2. The quantitative estimate of drug-likeness (QED) is 0.744. The highest BCUT2D eigenvalue weighted by atomic mass is 35.5. The molecule has 2 aliphatic rings. The van der Waals surface area contributed by atoms with Gasteiger partial charge in [0.15, 0.2) is 0 Å². The van der Waals surface area contributed by atoms with E-state index in [4.69, 9.17) is 4.74 Å². The molecule has 1 saturated heterocycles. The molecule has 28 heavy (non-hydrogen) atoms. The first kappa shape index (κ1) is 20.7. The molecular formula is C21H29ClN4O2. The molecular weight excluding hydrogens is 376 g/mol. The highest BCUT2D eigenvalue weighted by Gasteiger charge is 2.34. The fourth-order valence-corrected chi connectivity index (χ4v) is 3.68. The van der Waals surface area contributed by atoms with E-state index >= 15 is 0 Å². The summed E-state index contributed by atoms with van der Waals surface area (Å²) < 4.78 is 7.81. The number of benzene rings is 1. The second-order valence-electron chi connectivity index (χ2n) is 7.90. The maximum Gasteiger partial charge on any atom is 0.225 e. The number of ether oxygens (including phenoxy) is 1. The Kier molecular flexibility index (Phi) is 6.62. The number of hydrogen-bond donors (Lipinski definition) is 2. The lowest BCUT2D eigenvalue weighted by Gasteiger charge is -2.18. The molecule has 0 radical (unpaired) electrons. The monoisotopic (exact) mass is 404 g/mol. The zero-order valence-corrected chi connectivity index (χ0v) is 17.3. The van der Waals surface area contributed by atoms with Gasteiger partial charge in [0.1, 0.15) is 5.75 Å². The minimum absolute atomic E-state index is 0. The molecule has 2 aromatic rings. The minimum Gasteiger partial charge on any atom is -0.493 e. The second kappa shape index (κ2) is 8.97. The zero-order chi connectivity index (χ0) is 18.8. The van der Waals surface area contributed by atoms with Crippen molar-refractivity contribution >= 4 is 18.3 Å². The molecule has 1 aromatic carbocycles. The topological polar surface area (TPSA) is 68.2 Å². The van der Waals surface area contributed by atoms with Crippen LogP contribution in [0.15, 0.2) is 30.6 Å². The Bertz CT molecular complexity index is 818. The van der Waals surface area contributed by atoms with Crippen molar-refractivity contribution in [2.75, 3.05) is 19.7 Å². The van der Waals surface area contributed by atoms with E-state index in [1.165, 1.54) is 18.4 Å². The Labute approximate surface area is 172 Å². The molecule has 152 valence electrons. The number of carbonyl (C=O) groups excluding carboxylic acids is 1.